The van der Waals surface area contributed by atoms with Gasteiger partial charge < -0.3 is 4.74 Å². The van der Waals surface area contributed by atoms with Crippen LogP contribution in [0.1, 0.15) is 24.5 Å². The Morgan fingerprint density at radius 2 is 1.93 bits per heavy atom. The first-order chi connectivity index (χ1) is 13.8. The Morgan fingerprint density at radius 1 is 1.17 bits per heavy atom. The second kappa shape index (κ2) is 8.80. The summed E-state index contributed by atoms with van der Waals surface area (Å²) in [5.74, 6) is -0.937. The number of hydrogen-bond acceptors (Lipinski definition) is 4. The third-order valence-electron chi connectivity index (χ3n) is 4.23. The molecule has 0 radical (unpaired) electrons. The van der Waals surface area contributed by atoms with E-state index in [0.717, 1.165) is 21.4 Å². The van der Waals surface area contributed by atoms with Crippen molar-refractivity contribution in [3.05, 3.63) is 62.6 Å². The first-order valence-corrected chi connectivity index (χ1v) is 10.1. The molecule has 0 bridgehead atoms. The third-order valence-corrected chi connectivity index (χ3v) is 5.42. The van der Waals surface area contributed by atoms with E-state index in [2.05, 4.69) is 21.2 Å². The number of barbiturate groups is 1. The molecule has 2 aromatic carbocycles. The van der Waals surface area contributed by atoms with E-state index in [1.54, 1.807) is 36.4 Å². The molecule has 6 nitrogen and oxygen atoms in total. The zero-order valence-electron chi connectivity index (χ0n) is 15.8. The molecular weight excluding hydrogens is 460 g/mol. The minimum absolute atomic E-state index is 0.163. The molecule has 0 aromatic heterocycles. The van der Waals surface area contributed by atoms with Gasteiger partial charge in [-0.25, -0.2) is 9.69 Å². The van der Waals surface area contributed by atoms with Gasteiger partial charge in [-0.2, -0.15) is 0 Å². The Labute approximate surface area is 181 Å². The van der Waals surface area contributed by atoms with Crippen molar-refractivity contribution < 1.29 is 19.1 Å². The van der Waals surface area contributed by atoms with E-state index >= 15 is 0 Å². The van der Waals surface area contributed by atoms with E-state index in [1.165, 1.54) is 6.08 Å². The molecule has 0 aliphatic carbocycles. The molecule has 1 N–H and O–H groups in total. The molecule has 1 saturated heterocycles. The summed E-state index contributed by atoms with van der Waals surface area (Å²) >= 11 is 9.61. The smallest absolute Gasteiger partial charge is 0.335 e. The SMILES string of the molecule is CCCOc1ccc(/C=C2/C(=O)NC(=O)N(c3ccc(Br)c(C)c3)C2=O)cc1Cl. The summed E-state index contributed by atoms with van der Waals surface area (Å²) in [6.45, 7) is 4.36. The average molecular weight is 478 g/mol. The highest BCUT2D eigenvalue weighted by atomic mass is 79.9. The molecule has 29 heavy (non-hydrogen) atoms. The lowest BCUT2D eigenvalue weighted by Crippen LogP contribution is -2.54. The number of ether oxygens (including phenoxy) is 1. The summed E-state index contributed by atoms with van der Waals surface area (Å²) in [5, 5.41) is 2.57. The second-order valence-corrected chi connectivity index (χ2v) is 7.69. The zero-order valence-corrected chi connectivity index (χ0v) is 18.1. The largest absolute Gasteiger partial charge is 0.492 e. The van der Waals surface area contributed by atoms with E-state index in [0.29, 0.717) is 28.6 Å². The molecule has 0 saturated carbocycles. The van der Waals surface area contributed by atoms with Crippen LogP contribution in [0.3, 0.4) is 0 Å². The number of nitrogens with zero attached hydrogens (tertiary/aromatic N) is 1. The van der Waals surface area contributed by atoms with Crippen molar-refractivity contribution in [3.8, 4) is 5.75 Å². The lowest BCUT2D eigenvalue weighted by Gasteiger charge is -2.26. The Kier molecular flexibility index (Phi) is 6.39. The molecule has 1 aliphatic heterocycles. The summed E-state index contributed by atoms with van der Waals surface area (Å²) in [6.07, 6.45) is 2.24. The number of nitrogens with one attached hydrogen (secondary N) is 1. The predicted octanol–water partition coefficient (Wildman–Crippen LogP) is 4.87. The molecular formula is C21H18BrClN2O4. The van der Waals surface area contributed by atoms with Gasteiger partial charge in [0, 0.05) is 4.47 Å². The quantitative estimate of drug-likeness (QED) is 0.493. The Hall–Kier alpha value is -2.64. The van der Waals surface area contributed by atoms with Gasteiger partial charge in [-0.3, -0.25) is 14.9 Å². The first kappa shape index (κ1) is 21.1. The molecule has 0 unspecified atom stereocenters. The predicted molar refractivity (Wildman–Crippen MR) is 115 cm³/mol. The van der Waals surface area contributed by atoms with Gasteiger partial charge in [0.15, 0.2) is 0 Å². The monoisotopic (exact) mass is 476 g/mol. The van der Waals surface area contributed by atoms with Crippen molar-refractivity contribution in [1.29, 1.82) is 0 Å². The number of benzene rings is 2. The molecule has 1 aliphatic rings. The van der Waals surface area contributed by atoms with Crippen molar-refractivity contribution in [3.63, 3.8) is 0 Å². The minimum Gasteiger partial charge on any atom is -0.492 e. The fourth-order valence-electron chi connectivity index (χ4n) is 2.76. The van der Waals surface area contributed by atoms with Crippen LogP contribution in [0.4, 0.5) is 10.5 Å². The zero-order chi connectivity index (χ0) is 21.1. The molecule has 4 amide bonds. The van der Waals surface area contributed by atoms with Crippen molar-refractivity contribution in [2.75, 3.05) is 11.5 Å². The number of aryl methyl sites for hydroxylation is 1. The maximum atomic E-state index is 12.9. The van der Waals surface area contributed by atoms with Crippen molar-refractivity contribution in [1.82, 2.24) is 5.32 Å². The number of carbonyl (C=O) groups excluding carboxylic acids is 3. The summed E-state index contributed by atoms with van der Waals surface area (Å²) in [5.41, 5.74) is 1.59. The van der Waals surface area contributed by atoms with Crippen LogP contribution in [-0.4, -0.2) is 24.5 Å². The van der Waals surface area contributed by atoms with Crippen LogP contribution in [0.5, 0.6) is 5.75 Å². The van der Waals surface area contributed by atoms with Gasteiger partial charge in [0.2, 0.25) is 0 Å². The van der Waals surface area contributed by atoms with E-state index in [-0.39, 0.29) is 5.57 Å². The molecule has 3 rings (SSSR count). The van der Waals surface area contributed by atoms with E-state index < -0.39 is 17.8 Å². The number of carbonyl (C=O) groups is 3. The Morgan fingerprint density at radius 3 is 2.59 bits per heavy atom. The van der Waals surface area contributed by atoms with Gasteiger partial charge in [-0.15, -0.1) is 0 Å². The number of amides is 4. The summed E-state index contributed by atoms with van der Waals surface area (Å²) in [6, 6.07) is 9.22. The molecule has 0 spiro atoms. The first-order valence-electron chi connectivity index (χ1n) is 8.91. The Bertz CT molecular complexity index is 1040. The summed E-state index contributed by atoms with van der Waals surface area (Å²) < 4.78 is 6.37. The van der Waals surface area contributed by atoms with Crippen molar-refractivity contribution >= 4 is 57.1 Å². The normalized spacial score (nSPS) is 15.7. The number of urea groups is 1. The van der Waals surface area contributed by atoms with Crippen LogP contribution in [-0.2, 0) is 9.59 Å². The number of rotatable bonds is 5. The lowest BCUT2D eigenvalue weighted by atomic mass is 10.1. The number of anilines is 1. The van der Waals surface area contributed by atoms with Crippen LogP contribution < -0.4 is 15.0 Å². The molecule has 150 valence electrons. The summed E-state index contributed by atoms with van der Waals surface area (Å²) in [7, 11) is 0. The number of hydrogen-bond donors (Lipinski definition) is 1. The molecule has 1 fully saturated rings. The van der Waals surface area contributed by atoms with Gasteiger partial charge >= 0.3 is 6.03 Å². The van der Waals surface area contributed by atoms with Gasteiger partial charge in [-0.1, -0.05) is 40.5 Å². The van der Waals surface area contributed by atoms with Gasteiger partial charge in [-0.05, 0) is 60.9 Å². The molecule has 0 atom stereocenters. The number of halogens is 2. The van der Waals surface area contributed by atoms with Crippen molar-refractivity contribution in [2.45, 2.75) is 20.3 Å². The van der Waals surface area contributed by atoms with E-state index in [9.17, 15) is 14.4 Å². The Balaban J connectivity index is 1.95. The highest BCUT2D eigenvalue weighted by Crippen LogP contribution is 2.29. The highest BCUT2D eigenvalue weighted by molar-refractivity contribution is 9.10. The average Bonchev–Trinajstić information content (AvgIpc) is 2.67. The van der Waals surface area contributed by atoms with Gasteiger partial charge in [0.05, 0.1) is 17.3 Å². The van der Waals surface area contributed by atoms with E-state index in [1.807, 2.05) is 13.8 Å². The standard InChI is InChI=1S/C21H18BrClN2O4/c1-3-8-29-18-7-4-13(11-17(18)23)10-15-19(26)24-21(28)25(20(15)27)14-5-6-16(22)12(2)9-14/h4-7,9-11H,3,8H2,1-2H3,(H,24,26,28)/b15-10-. The van der Waals surface area contributed by atoms with Crippen LogP contribution in [0.15, 0.2) is 46.4 Å². The molecule has 2 aromatic rings. The van der Waals surface area contributed by atoms with Crippen LogP contribution in [0, 0.1) is 6.92 Å². The fraction of sp³-hybridized carbons (Fsp3) is 0.190. The summed E-state index contributed by atoms with van der Waals surface area (Å²) in [4.78, 5) is 38.5. The topological polar surface area (TPSA) is 75.7 Å². The van der Waals surface area contributed by atoms with E-state index in [4.69, 9.17) is 16.3 Å². The van der Waals surface area contributed by atoms with Gasteiger partial charge in [0.1, 0.15) is 11.3 Å². The minimum atomic E-state index is -0.791. The van der Waals surface area contributed by atoms with Crippen LogP contribution in [0.25, 0.3) is 6.08 Å². The van der Waals surface area contributed by atoms with Crippen LogP contribution in [0.2, 0.25) is 5.02 Å². The fourth-order valence-corrected chi connectivity index (χ4v) is 3.25. The second-order valence-electron chi connectivity index (χ2n) is 6.43. The molecule has 8 heteroatoms. The lowest BCUT2D eigenvalue weighted by molar-refractivity contribution is -0.122. The van der Waals surface area contributed by atoms with Gasteiger partial charge in [0.25, 0.3) is 11.8 Å². The third kappa shape index (κ3) is 4.52. The maximum Gasteiger partial charge on any atom is 0.335 e. The van der Waals surface area contributed by atoms with Crippen molar-refractivity contribution in [2.24, 2.45) is 0 Å². The maximum absolute atomic E-state index is 12.9. The van der Waals surface area contributed by atoms with Crippen LogP contribution >= 0.6 is 27.5 Å². The molecule has 1 heterocycles. The number of imide groups is 2. The highest BCUT2D eigenvalue weighted by Gasteiger charge is 2.36.